The Morgan fingerprint density at radius 2 is 1.88 bits per heavy atom. The van der Waals surface area contributed by atoms with Gasteiger partial charge in [-0.2, -0.15) is 5.26 Å². The van der Waals surface area contributed by atoms with E-state index in [0.717, 1.165) is 52.6 Å². The van der Waals surface area contributed by atoms with E-state index < -0.39 is 5.92 Å². The van der Waals surface area contributed by atoms with Crippen LogP contribution in [0.15, 0.2) is 48.8 Å². The number of pyridine rings is 2. The molecular formula is C30H31F2N7OS. The average molecular weight is 576 g/mol. The zero-order valence-corrected chi connectivity index (χ0v) is 23.3. The SMILES string of the molecule is N#Cc1cncc(-c2ccc3nc(Nc4cc(CN5CCCC(F)(F)C5)cc(N[C@H]5CC[C@H](O)CC5)n4)sc3c2)c1. The minimum Gasteiger partial charge on any atom is -0.393 e. The van der Waals surface area contributed by atoms with Crippen LogP contribution in [0.3, 0.4) is 0 Å². The maximum Gasteiger partial charge on any atom is 0.260 e. The van der Waals surface area contributed by atoms with E-state index >= 15 is 0 Å². The van der Waals surface area contributed by atoms with E-state index in [1.54, 1.807) is 11.1 Å². The first kappa shape index (κ1) is 27.4. The number of nitrogens with zero attached hydrogens (tertiary/aromatic N) is 5. The fourth-order valence-electron chi connectivity index (χ4n) is 5.61. The number of anilines is 3. The molecule has 0 bridgehead atoms. The first-order valence-corrected chi connectivity index (χ1v) is 14.7. The lowest BCUT2D eigenvalue weighted by molar-refractivity contribution is -0.0661. The zero-order valence-electron chi connectivity index (χ0n) is 22.5. The highest BCUT2D eigenvalue weighted by molar-refractivity contribution is 7.22. The molecule has 1 saturated carbocycles. The summed E-state index contributed by atoms with van der Waals surface area (Å²) in [7, 11) is 0. The van der Waals surface area contributed by atoms with Crippen LogP contribution in [0.4, 0.5) is 25.5 Å². The standard InChI is InChI=1S/C30H31F2N7OS/c31-30(32)8-1-9-39(18-30)17-19-11-27(35-23-3-5-24(40)6-4-23)37-28(12-19)38-29-36-25-7-2-21(13-26(25)41-29)22-10-20(14-33)15-34-16-22/h2,7,10-13,15-16,23-24,40H,1,3-6,8-9,17-18H2,(H2,35,36,37,38)/t23-,24-. The molecule has 0 unspecified atom stereocenters. The van der Waals surface area contributed by atoms with Crippen LogP contribution in [0, 0.1) is 11.3 Å². The van der Waals surface area contributed by atoms with Crippen molar-refractivity contribution in [1.82, 2.24) is 19.9 Å². The van der Waals surface area contributed by atoms with Gasteiger partial charge in [0.1, 0.15) is 17.7 Å². The fraction of sp³-hybridized carbons (Fsp3) is 0.400. The lowest BCUT2D eigenvalue weighted by atomic mass is 9.93. The molecule has 0 spiro atoms. The van der Waals surface area contributed by atoms with Crippen molar-refractivity contribution in [3.05, 3.63) is 59.9 Å². The second-order valence-corrected chi connectivity index (χ2v) is 12.0. The van der Waals surface area contributed by atoms with Crippen molar-refractivity contribution in [1.29, 1.82) is 5.26 Å². The lowest BCUT2D eigenvalue weighted by Gasteiger charge is -2.32. The van der Waals surface area contributed by atoms with Gasteiger partial charge in [-0.15, -0.1) is 0 Å². The quantitative estimate of drug-likeness (QED) is 0.235. The molecule has 0 atom stereocenters. The summed E-state index contributed by atoms with van der Waals surface area (Å²) in [5.41, 5.74) is 4.03. The maximum atomic E-state index is 14.1. The molecule has 41 heavy (non-hydrogen) atoms. The van der Waals surface area contributed by atoms with Crippen LogP contribution >= 0.6 is 11.3 Å². The summed E-state index contributed by atoms with van der Waals surface area (Å²) in [5.74, 6) is -1.39. The summed E-state index contributed by atoms with van der Waals surface area (Å²) >= 11 is 1.49. The summed E-state index contributed by atoms with van der Waals surface area (Å²) in [6.45, 7) is 0.801. The molecule has 4 heterocycles. The summed E-state index contributed by atoms with van der Waals surface area (Å²) in [4.78, 5) is 15.5. The van der Waals surface area contributed by atoms with Gasteiger partial charge < -0.3 is 15.7 Å². The molecule has 4 aromatic rings. The number of aliphatic hydroxyl groups excluding tert-OH is 1. The van der Waals surface area contributed by atoms with Crippen molar-refractivity contribution < 1.29 is 13.9 Å². The van der Waals surface area contributed by atoms with E-state index in [2.05, 4.69) is 21.7 Å². The molecule has 1 aliphatic carbocycles. The molecule has 2 aliphatic rings. The Balaban J connectivity index is 1.25. The third kappa shape index (κ3) is 6.78. The Morgan fingerprint density at radius 3 is 2.68 bits per heavy atom. The lowest BCUT2D eigenvalue weighted by Crippen LogP contribution is -2.42. The third-order valence-corrected chi connectivity index (χ3v) is 8.57. The van der Waals surface area contributed by atoms with Crippen molar-refractivity contribution in [2.45, 2.75) is 63.1 Å². The first-order chi connectivity index (χ1) is 19.8. The smallest absolute Gasteiger partial charge is 0.260 e. The molecule has 212 valence electrons. The number of nitriles is 1. The minimum absolute atomic E-state index is 0.0629. The van der Waals surface area contributed by atoms with Gasteiger partial charge in [0.15, 0.2) is 5.13 Å². The molecule has 3 aromatic heterocycles. The van der Waals surface area contributed by atoms with E-state index in [1.165, 1.54) is 17.5 Å². The fourth-order valence-corrected chi connectivity index (χ4v) is 6.52. The van der Waals surface area contributed by atoms with Gasteiger partial charge in [0.25, 0.3) is 5.92 Å². The van der Waals surface area contributed by atoms with E-state index in [-0.39, 0.29) is 25.1 Å². The second-order valence-electron chi connectivity index (χ2n) is 11.0. The van der Waals surface area contributed by atoms with Crippen LogP contribution in [-0.2, 0) is 6.54 Å². The molecule has 11 heteroatoms. The topological polar surface area (TPSA) is 110 Å². The van der Waals surface area contributed by atoms with Gasteiger partial charge in [0.2, 0.25) is 0 Å². The number of piperidine rings is 1. The van der Waals surface area contributed by atoms with Crippen molar-refractivity contribution in [2.24, 2.45) is 0 Å². The maximum absolute atomic E-state index is 14.1. The predicted octanol–water partition coefficient (Wildman–Crippen LogP) is 6.32. The van der Waals surface area contributed by atoms with Crippen molar-refractivity contribution in [3.8, 4) is 17.2 Å². The van der Waals surface area contributed by atoms with Crippen molar-refractivity contribution in [2.75, 3.05) is 23.7 Å². The molecule has 1 aliphatic heterocycles. The number of fused-ring (bicyclic) bond motifs is 1. The summed E-state index contributed by atoms with van der Waals surface area (Å²) in [6.07, 6.45) is 6.62. The van der Waals surface area contributed by atoms with Crippen LogP contribution in [-0.4, -0.2) is 56.1 Å². The Kier molecular flexibility index (Phi) is 7.79. The number of aromatic nitrogens is 3. The number of likely N-dealkylation sites (tertiary alicyclic amines) is 1. The number of thiazole rings is 1. The number of aliphatic hydroxyl groups is 1. The number of halogens is 2. The highest BCUT2D eigenvalue weighted by atomic mass is 32.1. The van der Waals surface area contributed by atoms with Crippen LogP contribution in [0.25, 0.3) is 21.3 Å². The summed E-state index contributed by atoms with van der Waals surface area (Å²) < 4.78 is 29.2. The van der Waals surface area contributed by atoms with E-state index in [1.807, 2.05) is 36.4 Å². The Bertz CT molecular complexity index is 1580. The first-order valence-electron chi connectivity index (χ1n) is 13.9. The molecule has 0 radical (unpaired) electrons. The van der Waals surface area contributed by atoms with Crippen LogP contribution in [0.2, 0.25) is 0 Å². The number of alkyl halides is 2. The number of hydrogen-bond acceptors (Lipinski definition) is 9. The average Bonchev–Trinajstić information content (AvgIpc) is 3.35. The second kappa shape index (κ2) is 11.6. The Hall–Kier alpha value is -3.72. The summed E-state index contributed by atoms with van der Waals surface area (Å²) in [5, 5.41) is 26.6. The summed E-state index contributed by atoms with van der Waals surface area (Å²) in [6, 6.07) is 13.9. The Morgan fingerprint density at radius 1 is 1.05 bits per heavy atom. The van der Waals surface area contributed by atoms with Crippen LogP contribution in [0.5, 0.6) is 0 Å². The van der Waals surface area contributed by atoms with Gasteiger partial charge in [0, 0.05) is 37.0 Å². The molecule has 8 nitrogen and oxygen atoms in total. The van der Waals surface area contributed by atoms with Crippen LogP contribution < -0.4 is 10.6 Å². The van der Waals surface area contributed by atoms with Crippen molar-refractivity contribution >= 4 is 38.3 Å². The normalized spacial score (nSPS) is 20.9. The Labute approximate surface area is 241 Å². The van der Waals surface area contributed by atoms with Crippen molar-refractivity contribution in [3.63, 3.8) is 0 Å². The molecule has 0 amide bonds. The molecule has 1 aromatic carbocycles. The highest BCUT2D eigenvalue weighted by Crippen LogP contribution is 2.33. The number of hydrogen-bond donors (Lipinski definition) is 3. The van der Waals surface area contributed by atoms with E-state index in [9.17, 15) is 19.1 Å². The number of nitrogens with one attached hydrogen (secondary N) is 2. The highest BCUT2D eigenvalue weighted by Gasteiger charge is 2.35. The van der Waals surface area contributed by atoms with Gasteiger partial charge in [0.05, 0.1) is 28.4 Å². The van der Waals surface area contributed by atoms with Gasteiger partial charge in [-0.1, -0.05) is 17.4 Å². The number of benzene rings is 1. The molecular weight excluding hydrogens is 544 g/mol. The molecule has 3 N–H and O–H groups in total. The monoisotopic (exact) mass is 575 g/mol. The minimum atomic E-state index is -2.66. The van der Waals surface area contributed by atoms with E-state index in [0.29, 0.717) is 41.8 Å². The molecule has 2 fully saturated rings. The largest absolute Gasteiger partial charge is 0.393 e. The van der Waals surface area contributed by atoms with Gasteiger partial charge in [-0.3, -0.25) is 9.88 Å². The van der Waals surface area contributed by atoms with Gasteiger partial charge in [-0.05, 0) is 80.1 Å². The van der Waals surface area contributed by atoms with Gasteiger partial charge in [-0.25, -0.2) is 18.7 Å². The van der Waals surface area contributed by atoms with Gasteiger partial charge >= 0.3 is 0 Å². The molecule has 1 saturated heterocycles. The van der Waals surface area contributed by atoms with Crippen LogP contribution in [0.1, 0.15) is 49.7 Å². The zero-order chi connectivity index (χ0) is 28.4. The predicted molar refractivity (Wildman–Crippen MR) is 156 cm³/mol. The van der Waals surface area contributed by atoms with E-state index in [4.69, 9.17) is 9.97 Å². The third-order valence-electron chi connectivity index (χ3n) is 7.64. The molecule has 6 rings (SSSR count). The number of rotatable bonds is 7.